The van der Waals surface area contributed by atoms with Gasteiger partial charge in [-0.15, -0.1) is 0 Å². The molecule has 2 saturated carbocycles. The van der Waals surface area contributed by atoms with Gasteiger partial charge >= 0.3 is 0 Å². The predicted molar refractivity (Wildman–Crippen MR) is 79.1 cm³/mol. The number of rotatable bonds is 4. The zero-order valence-corrected chi connectivity index (χ0v) is 12.9. The van der Waals surface area contributed by atoms with Crippen LogP contribution in [-0.4, -0.2) is 57.8 Å². The molecule has 3 rings (SSSR count). The Kier molecular flexibility index (Phi) is 4.73. The Morgan fingerprint density at radius 3 is 2.50 bits per heavy atom. The van der Waals surface area contributed by atoms with Crippen molar-refractivity contribution in [1.29, 1.82) is 0 Å². The second kappa shape index (κ2) is 6.43. The Morgan fingerprint density at radius 2 is 1.91 bits per heavy atom. The second-order valence-corrected chi connectivity index (χ2v) is 7.21. The van der Waals surface area contributed by atoms with Crippen molar-refractivity contribution >= 4 is 5.91 Å². The lowest BCUT2D eigenvalue weighted by molar-refractivity contribution is -0.173. The van der Waals surface area contributed by atoms with Gasteiger partial charge in [0.1, 0.15) is 6.10 Å². The number of hydrogen-bond donors (Lipinski definition) is 4. The van der Waals surface area contributed by atoms with Gasteiger partial charge < -0.3 is 25.4 Å². The Morgan fingerprint density at radius 1 is 1.18 bits per heavy atom. The molecule has 0 aromatic heterocycles. The highest BCUT2D eigenvalue weighted by atomic mass is 16.5. The summed E-state index contributed by atoms with van der Waals surface area (Å²) in [5.41, 5.74) is 0.0360. The minimum Gasteiger partial charge on any atom is -0.396 e. The summed E-state index contributed by atoms with van der Waals surface area (Å²) < 4.78 is 6.12. The molecule has 1 aliphatic heterocycles. The van der Waals surface area contributed by atoms with Gasteiger partial charge in [0.05, 0.1) is 30.3 Å². The van der Waals surface area contributed by atoms with E-state index in [1.165, 1.54) is 6.42 Å². The molecule has 2 aliphatic carbocycles. The largest absolute Gasteiger partial charge is 0.396 e. The van der Waals surface area contributed by atoms with Gasteiger partial charge in [0.25, 0.3) is 0 Å². The first-order chi connectivity index (χ1) is 10.5. The van der Waals surface area contributed by atoms with Crippen LogP contribution in [0.3, 0.4) is 0 Å². The van der Waals surface area contributed by atoms with E-state index in [9.17, 15) is 15.0 Å². The molecule has 22 heavy (non-hydrogen) atoms. The highest BCUT2D eigenvalue weighted by Gasteiger charge is 2.44. The molecule has 4 N–H and O–H groups in total. The lowest BCUT2D eigenvalue weighted by Crippen LogP contribution is -2.48. The summed E-state index contributed by atoms with van der Waals surface area (Å²) in [4.78, 5) is 12.2. The molecule has 0 radical (unpaired) electrons. The number of carbonyl (C=O) groups excluding carboxylic acids is 1. The fourth-order valence-electron chi connectivity index (χ4n) is 4.13. The first-order valence-corrected chi connectivity index (χ1v) is 8.47. The lowest BCUT2D eigenvalue weighted by atomic mass is 9.74. The van der Waals surface area contributed by atoms with Crippen molar-refractivity contribution in [3.63, 3.8) is 0 Å². The van der Waals surface area contributed by atoms with Gasteiger partial charge in [-0.25, -0.2) is 0 Å². The summed E-state index contributed by atoms with van der Waals surface area (Å²) in [6, 6.07) is -0.485. The third-order valence-electron chi connectivity index (χ3n) is 5.64. The molecule has 0 aromatic rings. The number of hydrogen-bond acceptors (Lipinski definition) is 5. The van der Waals surface area contributed by atoms with Gasteiger partial charge in [-0.2, -0.15) is 0 Å². The van der Waals surface area contributed by atoms with Crippen LogP contribution < -0.4 is 5.32 Å². The predicted octanol–water partition coefficient (Wildman–Crippen LogP) is 0.0871. The third kappa shape index (κ3) is 3.15. The molecule has 126 valence electrons. The molecule has 1 unspecified atom stereocenters. The molecule has 0 bridgehead atoms. The summed E-state index contributed by atoms with van der Waals surface area (Å²) >= 11 is 0. The Labute approximate surface area is 130 Å². The molecule has 1 heterocycles. The van der Waals surface area contributed by atoms with Crippen molar-refractivity contribution in [2.75, 3.05) is 6.61 Å². The van der Waals surface area contributed by atoms with Gasteiger partial charge in [-0.3, -0.25) is 4.79 Å². The normalized spacial score (nSPS) is 40.4. The lowest BCUT2D eigenvalue weighted by Gasteiger charge is -2.47. The molecule has 1 spiro atoms. The van der Waals surface area contributed by atoms with E-state index < -0.39 is 18.2 Å². The summed E-state index contributed by atoms with van der Waals surface area (Å²) in [6.45, 7) is -0.182. The fraction of sp³-hybridized carbons (Fsp3) is 0.938. The number of amides is 1. The van der Waals surface area contributed by atoms with Crippen LogP contribution in [-0.2, 0) is 9.53 Å². The van der Waals surface area contributed by atoms with Crippen LogP contribution >= 0.6 is 0 Å². The molecule has 0 aromatic carbocycles. The van der Waals surface area contributed by atoms with E-state index in [0.717, 1.165) is 32.1 Å². The summed E-state index contributed by atoms with van der Waals surface area (Å²) in [7, 11) is 0. The number of carbonyl (C=O) groups is 1. The molecule has 6 heteroatoms. The van der Waals surface area contributed by atoms with E-state index in [1.807, 2.05) is 0 Å². The number of nitrogens with one attached hydrogen (secondary N) is 1. The Hall–Kier alpha value is -0.690. The van der Waals surface area contributed by atoms with Crippen molar-refractivity contribution in [2.24, 2.45) is 5.92 Å². The van der Waals surface area contributed by atoms with Crippen LogP contribution in [0.2, 0.25) is 0 Å². The number of ether oxygens (including phenoxy) is 1. The molecular formula is C16H27NO5. The maximum absolute atomic E-state index is 12.2. The van der Waals surface area contributed by atoms with Gasteiger partial charge in [-0.1, -0.05) is 0 Å². The van der Waals surface area contributed by atoms with Gasteiger partial charge in [0, 0.05) is 12.5 Å². The van der Waals surface area contributed by atoms with E-state index in [0.29, 0.717) is 12.8 Å². The van der Waals surface area contributed by atoms with Crippen molar-refractivity contribution in [3.8, 4) is 0 Å². The SMILES string of the molecule is O=C(CC1CCCC2(CCC2)O1)N[C@H]1C[C@@H](CO)[C@H](O)[C@@H]1O. The summed E-state index contributed by atoms with van der Waals surface area (Å²) in [6.07, 6.45) is 5.25. The molecule has 6 nitrogen and oxygen atoms in total. The second-order valence-electron chi connectivity index (χ2n) is 7.21. The maximum Gasteiger partial charge on any atom is 0.222 e. The van der Waals surface area contributed by atoms with Crippen molar-refractivity contribution in [2.45, 2.75) is 81.3 Å². The average molecular weight is 313 g/mol. The number of aliphatic hydroxyl groups is 3. The first-order valence-electron chi connectivity index (χ1n) is 8.47. The topological polar surface area (TPSA) is 99.0 Å². The monoisotopic (exact) mass is 313 g/mol. The summed E-state index contributed by atoms with van der Waals surface area (Å²) in [5, 5.41) is 31.7. The van der Waals surface area contributed by atoms with Crippen LogP contribution in [0.1, 0.15) is 51.4 Å². The quantitative estimate of drug-likeness (QED) is 0.589. The molecular weight excluding hydrogens is 286 g/mol. The minimum absolute atomic E-state index is 0.0360. The summed E-state index contributed by atoms with van der Waals surface area (Å²) in [5.74, 6) is -0.513. The van der Waals surface area contributed by atoms with Gasteiger partial charge in [0.2, 0.25) is 5.91 Å². The van der Waals surface area contributed by atoms with E-state index in [4.69, 9.17) is 9.84 Å². The molecule has 1 saturated heterocycles. The van der Waals surface area contributed by atoms with Gasteiger partial charge in [0.15, 0.2) is 0 Å². The molecule has 1 amide bonds. The van der Waals surface area contributed by atoms with Crippen LogP contribution in [0, 0.1) is 5.92 Å². The van der Waals surface area contributed by atoms with Crippen LogP contribution in [0.5, 0.6) is 0 Å². The maximum atomic E-state index is 12.2. The number of aliphatic hydroxyl groups excluding tert-OH is 3. The standard InChI is InChI=1S/C16H27NO5/c18-9-10-7-12(15(21)14(10)20)17-13(19)8-11-3-1-4-16(22-11)5-2-6-16/h10-12,14-15,18,20-21H,1-9H2,(H,17,19)/t10-,11?,12-,14-,15+/m0/s1. The molecule has 3 aliphatic rings. The van der Waals surface area contributed by atoms with Crippen LogP contribution in [0.4, 0.5) is 0 Å². The molecule has 3 fully saturated rings. The van der Waals surface area contributed by atoms with E-state index >= 15 is 0 Å². The highest BCUT2D eigenvalue weighted by Crippen LogP contribution is 2.44. The third-order valence-corrected chi connectivity index (χ3v) is 5.64. The zero-order valence-electron chi connectivity index (χ0n) is 12.9. The minimum atomic E-state index is -1.01. The average Bonchev–Trinajstić information content (AvgIpc) is 2.73. The Bertz CT molecular complexity index is 411. The Balaban J connectivity index is 1.48. The van der Waals surface area contributed by atoms with E-state index in [1.54, 1.807) is 0 Å². The van der Waals surface area contributed by atoms with Crippen molar-refractivity contribution in [3.05, 3.63) is 0 Å². The van der Waals surface area contributed by atoms with Crippen molar-refractivity contribution in [1.82, 2.24) is 5.32 Å². The van der Waals surface area contributed by atoms with Crippen molar-refractivity contribution < 1.29 is 24.9 Å². The highest BCUT2D eigenvalue weighted by molar-refractivity contribution is 5.77. The van der Waals surface area contributed by atoms with E-state index in [-0.39, 0.29) is 30.1 Å². The zero-order chi connectivity index (χ0) is 15.7. The van der Waals surface area contributed by atoms with E-state index in [2.05, 4.69) is 5.32 Å². The van der Waals surface area contributed by atoms with Crippen LogP contribution in [0.15, 0.2) is 0 Å². The fourth-order valence-corrected chi connectivity index (χ4v) is 4.13. The smallest absolute Gasteiger partial charge is 0.222 e. The first kappa shape index (κ1) is 16.2. The van der Waals surface area contributed by atoms with Crippen LogP contribution in [0.25, 0.3) is 0 Å². The molecule has 5 atom stereocenters. The van der Waals surface area contributed by atoms with Gasteiger partial charge in [-0.05, 0) is 44.9 Å².